The van der Waals surface area contributed by atoms with Crippen molar-refractivity contribution in [1.82, 2.24) is 0 Å². The zero-order chi connectivity index (χ0) is 21.2. The van der Waals surface area contributed by atoms with Crippen molar-refractivity contribution in [2.45, 2.75) is 0 Å². The molecule has 1 aliphatic heterocycles. The quantitative estimate of drug-likeness (QED) is 0.354. The van der Waals surface area contributed by atoms with E-state index >= 15 is 0 Å². The SMILES string of the molecule is O=C1/C(=C/c2ccc(-c3ccccc3Cl)o2)C(c2ccccc2)=NN1c1ccccc1. The molecule has 0 saturated heterocycles. The Morgan fingerprint density at radius 1 is 0.806 bits per heavy atom. The molecule has 0 fully saturated rings. The Kier molecular flexibility index (Phi) is 4.98. The fraction of sp³-hybridized carbons (Fsp3) is 0. The molecule has 1 amide bonds. The first-order valence-electron chi connectivity index (χ1n) is 9.81. The molecular formula is C26H17ClN2O2. The molecule has 4 aromatic rings. The summed E-state index contributed by atoms with van der Waals surface area (Å²) < 4.78 is 6.00. The average Bonchev–Trinajstić information content (AvgIpc) is 3.41. The Hall–Kier alpha value is -3.89. The summed E-state index contributed by atoms with van der Waals surface area (Å²) in [7, 11) is 0. The molecule has 1 aliphatic rings. The zero-order valence-corrected chi connectivity index (χ0v) is 17.2. The van der Waals surface area contributed by atoms with Crippen LogP contribution in [0.15, 0.2) is 112 Å². The molecule has 1 aromatic heterocycles. The number of carbonyl (C=O) groups excluding carboxylic acids is 1. The summed E-state index contributed by atoms with van der Waals surface area (Å²) >= 11 is 6.30. The average molecular weight is 425 g/mol. The maximum absolute atomic E-state index is 13.3. The maximum Gasteiger partial charge on any atom is 0.281 e. The van der Waals surface area contributed by atoms with Crippen LogP contribution in [0.5, 0.6) is 0 Å². The van der Waals surface area contributed by atoms with E-state index in [4.69, 9.17) is 16.0 Å². The molecule has 0 aliphatic carbocycles. The standard InChI is InChI=1S/C26H17ClN2O2/c27-23-14-8-7-13-21(23)24-16-15-20(31-24)17-22-25(18-9-3-1-4-10-18)28-29(26(22)30)19-11-5-2-6-12-19/h1-17H/b22-17+. The number of amides is 1. The summed E-state index contributed by atoms with van der Waals surface area (Å²) in [5.41, 5.74) is 3.44. The van der Waals surface area contributed by atoms with Crippen molar-refractivity contribution >= 4 is 35.0 Å². The van der Waals surface area contributed by atoms with Crippen LogP contribution in [0.2, 0.25) is 5.02 Å². The van der Waals surface area contributed by atoms with Gasteiger partial charge >= 0.3 is 0 Å². The highest BCUT2D eigenvalue weighted by Crippen LogP contribution is 2.31. The van der Waals surface area contributed by atoms with Gasteiger partial charge in [-0.05, 0) is 42.5 Å². The number of anilines is 1. The molecule has 5 rings (SSSR count). The van der Waals surface area contributed by atoms with Crippen molar-refractivity contribution in [2.75, 3.05) is 5.01 Å². The fourth-order valence-electron chi connectivity index (χ4n) is 3.48. The van der Waals surface area contributed by atoms with Crippen LogP contribution in [-0.4, -0.2) is 11.6 Å². The van der Waals surface area contributed by atoms with Crippen LogP contribution in [-0.2, 0) is 4.79 Å². The van der Waals surface area contributed by atoms with E-state index in [0.717, 1.165) is 11.1 Å². The minimum absolute atomic E-state index is 0.208. The molecule has 2 heterocycles. The van der Waals surface area contributed by atoms with Gasteiger partial charge in [0.1, 0.15) is 17.2 Å². The van der Waals surface area contributed by atoms with E-state index in [1.165, 1.54) is 5.01 Å². The Morgan fingerprint density at radius 2 is 1.48 bits per heavy atom. The second kappa shape index (κ2) is 8.09. The van der Waals surface area contributed by atoms with Crippen LogP contribution < -0.4 is 5.01 Å². The van der Waals surface area contributed by atoms with Gasteiger partial charge in [-0.15, -0.1) is 0 Å². The highest BCUT2D eigenvalue weighted by molar-refractivity contribution is 6.37. The number of benzene rings is 3. The second-order valence-electron chi connectivity index (χ2n) is 7.01. The lowest BCUT2D eigenvalue weighted by Gasteiger charge is -2.10. The van der Waals surface area contributed by atoms with Crippen molar-refractivity contribution in [3.05, 3.63) is 119 Å². The van der Waals surface area contributed by atoms with E-state index in [1.54, 1.807) is 6.08 Å². The molecule has 0 radical (unpaired) electrons. The third-order valence-electron chi connectivity index (χ3n) is 4.98. The summed E-state index contributed by atoms with van der Waals surface area (Å²) in [6.45, 7) is 0. The van der Waals surface area contributed by atoms with Crippen molar-refractivity contribution < 1.29 is 9.21 Å². The molecule has 0 bridgehead atoms. The third kappa shape index (κ3) is 3.69. The van der Waals surface area contributed by atoms with Gasteiger partial charge in [0.25, 0.3) is 5.91 Å². The van der Waals surface area contributed by atoms with Crippen LogP contribution in [0.25, 0.3) is 17.4 Å². The van der Waals surface area contributed by atoms with Crippen LogP contribution in [0.4, 0.5) is 5.69 Å². The molecule has 3 aromatic carbocycles. The summed E-state index contributed by atoms with van der Waals surface area (Å²) in [4.78, 5) is 13.3. The number of nitrogens with zero attached hydrogens (tertiary/aromatic N) is 2. The highest BCUT2D eigenvalue weighted by atomic mass is 35.5. The monoisotopic (exact) mass is 424 g/mol. The molecule has 150 valence electrons. The van der Waals surface area contributed by atoms with Gasteiger partial charge in [-0.25, -0.2) is 0 Å². The van der Waals surface area contributed by atoms with Crippen LogP contribution >= 0.6 is 11.6 Å². The van der Waals surface area contributed by atoms with E-state index < -0.39 is 0 Å². The molecule has 0 unspecified atom stereocenters. The van der Waals surface area contributed by atoms with E-state index in [9.17, 15) is 4.79 Å². The smallest absolute Gasteiger partial charge is 0.281 e. The topological polar surface area (TPSA) is 45.8 Å². The van der Waals surface area contributed by atoms with Gasteiger partial charge in [0.15, 0.2) is 0 Å². The second-order valence-corrected chi connectivity index (χ2v) is 7.41. The van der Waals surface area contributed by atoms with Crippen LogP contribution in [0.1, 0.15) is 11.3 Å². The Bertz CT molecular complexity index is 1310. The summed E-state index contributed by atoms with van der Waals surface area (Å²) in [6.07, 6.45) is 1.73. The van der Waals surface area contributed by atoms with Crippen molar-refractivity contribution in [1.29, 1.82) is 0 Å². The number of furan rings is 1. The number of halogens is 1. The van der Waals surface area contributed by atoms with Crippen molar-refractivity contribution in [3.8, 4) is 11.3 Å². The Balaban J connectivity index is 1.57. The minimum atomic E-state index is -0.208. The van der Waals surface area contributed by atoms with E-state index in [0.29, 0.717) is 33.5 Å². The van der Waals surface area contributed by atoms with Gasteiger partial charge in [-0.2, -0.15) is 10.1 Å². The number of carbonyl (C=O) groups is 1. The molecule has 31 heavy (non-hydrogen) atoms. The number of hydrogen-bond acceptors (Lipinski definition) is 3. The minimum Gasteiger partial charge on any atom is -0.457 e. The molecule has 0 spiro atoms. The predicted molar refractivity (Wildman–Crippen MR) is 124 cm³/mol. The summed E-state index contributed by atoms with van der Waals surface area (Å²) in [5, 5.41) is 6.66. The normalized spacial score (nSPS) is 14.9. The van der Waals surface area contributed by atoms with E-state index in [1.807, 2.05) is 97.1 Å². The van der Waals surface area contributed by atoms with Gasteiger partial charge in [0.2, 0.25) is 0 Å². The number of para-hydroxylation sites is 1. The summed E-state index contributed by atoms with van der Waals surface area (Å²) in [6, 6.07) is 30.2. The number of rotatable bonds is 4. The molecule has 0 saturated carbocycles. The lowest BCUT2D eigenvalue weighted by Crippen LogP contribution is -2.21. The molecule has 5 heteroatoms. The third-order valence-corrected chi connectivity index (χ3v) is 5.31. The highest BCUT2D eigenvalue weighted by Gasteiger charge is 2.32. The van der Waals surface area contributed by atoms with Gasteiger partial charge in [-0.1, -0.05) is 72.3 Å². The van der Waals surface area contributed by atoms with E-state index in [2.05, 4.69) is 5.10 Å². The van der Waals surface area contributed by atoms with Gasteiger partial charge in [-0.3, -0.25) is 4.79 Å². The first-order valence-corrected chi connectivity index (χ1v) is 10.2. The molecular weight excluding hydrogens is 408 g/mol. The lowest BCUT2D eigenvalue weighted by atomic mass is 10.0. The van der Waals surface area contributed by atoms with Crippen molar-refractivity contribution in [3.63, 3.8) is 0 Å². The number of hydrogen-bond donors (Lipinski definition) is 0. The van der Waals surface area contributed by atoms with Gasteiger partial charge in [0, 0.05) is 11.1 Å². The van der Waals surface area contributed by atoms with Crippen molar-refractivity contribution in [2.24, 2.45) is 5.10 Å². The zero-order valence-electron chi connectivity index (χ0n) is 16.4. The fourth-order valence-corrected chi connectivity index (χ4v) is 3.71. The Labute approximate surface area is 184 Å². The number of hydrazone groups is 1. The first kappa shape index (κ1) is 19.1. The Morgan fingerprint density at radius 3 is 2.23 bits per heavy atom. The predicted octanol–water partition coefficient (Wildman–Crippen LogP) is 6.43. The largest absolute Gasteiger partial charge is 0.457 e. The van der Waals surface area contributed by atoms with Gasteiger partial charge in [0.05, 0.1) is 16.3 Å². The summed E-state index contributed by atoms with van der Waals surface area (Å²) in [5.74, 6) is 0.985. The van der Waals surface area contributed by atoms with Crippen LogP contribution in [0.3, 0.4) is 0 Å². The van der Waals surface area contributed by atoms with Crippen LogP contribution in [0, 0.1) is 0 Å². The molecule has 0 N–H and O–H groups in total. The molecule has 0 atom stereocenters. The lowest BCUT2D eigenvalue weighted by molar-refractivity contribution is -0.114. The van der Waals surface area contributed by atoms with Gasteiger partial charge < -0.3 is 4.42 Å². The molecule has 4 nitrogen and oxygen atoms in total. The van der Waals surface area contributed by atoms with E-state index in [-0.39, 0.29) is 5.91 Å². The maximum atomic E-state index is 13.3. The first-order chi connectivity index (χ1) is 15.2.